The first-order valence-corrected chi connectivity index (χ1v) is 7.79. The fourth-order valence-electron chi connectivity index (χ4n) is 2.06. The van der Waals surface area contributed by atoms with Gasteiger partial charge in [-0.25, -0.2) is 0 Å². The van der Waals surface area contributed by atoms with E-state index < -0.39 is 0 Å². The van der Waals surface area contributed by atoms with Crippen molar-refractivity contribution in [3.8, 4) is 11.5 Å². The van der Waals surface area contributed by atoms with Crippen LogP contribution in [-0.2, 0) is 0 Å². The van der Waals surface area contributed by atoms with Gasteiger partial charge in [-0.3, -0.25) is 4.79 Å². The summed E-state index contributed by atoms with van der Waals surface area (Å²) in [7, 11) is 0. The van der Waals surface area contributed by atoms with Crippen molar-refractivity contribution >= 4 is 11.6 Å². The number of aryl methyl sites for hydroxylation is 1. The molecule has 0 aliphatic rings. The smallest absolute Gasteiger partial charge is 0.255 e. The molecule has 2 aromatic rings. The summed E-state index contributed by atoms with van der Waals surface area (Å²) in [5.41, 5.74) is 1.85. The summed E-state index contributed by atoms with van der Waals surface area (Å²) in [5, 5.41) is 12.5. The van der Waals surface area contributed by atoms with Crippen LogP contribution in [0, 0.1) is 12.8 Å². The summed E-state index contributed by atoms with van der Waals surface area (Å²) in [6.45, 7) is 6.85. The Bertz CT molecular complexity index is 663. The molecule has 0 atom stereocenters. The van der Waals surface area contributed by atoms with E-state index in [0.29, 0.717) is 23.8 Å². The van der Waals surface area contributed by atoms with Gasteiger partial charge in [-0.15, -0.1) is 0 Å². The average molecular weight is 313 g/mol. The van der Waals surface area contributed by atoms with E-state index in [9.17, 15) is 9.90 Å². The van der Waals surface area contributed by atoms with E-state index in [0.717, 1.165) is 17.7 Å². The summed E-state index contributed by atoms with van der Waals surface area (Å²) in [6.07, 6.45) is 0.995. The number of phenolic OH excluding ortho intramolecular Hbond substituents is 1. The summed E-state index contributed by atoms with van der Waals surface area (Å²) in [6, 6.07) is 12.1. The molecule has 4 heteroatoms. The van der Waals surface area contributed by atoms with E-state index >= 15 is 0 Å². The lowest BCUT2D eigenvalue weighted by atomic mass is 10.1. The van der Waals surface area contributed by atoms with Gasteiger partial charge in [0.05, 0.1) is 12.3 Å². The standard InChI is InChI=1S/C19H23NO3/c1-13(2)10-11-23-16-7-5-15(6-8-16)19(22)20-17-9-4-14(3)12-18(17)21/h4-9,12-13,21H,10-11H2,1-3H3,(H,20,22). The molecule has 0 saturated carbocycles. The Morgan fingerprint density at radius 2 is 1.87 bits per heavy atom. The molecule has 0 spiro atoms. The molecule has 2 aromatic carbocycles. The first kappa shape index (κ1) is 16.9. The number of carbonyl (C=O) groups is 1. The third-order valence-corrected chi connectivity index (χ3v) is 3.48. The monoisotopic (exact) mass is 313 g/mol. The first-order chi connectivity index (χ1) is 11.0. The van der Waals surface area contributed by atoms with Crippen molar-refractivity contribution in [2.24, 2.45) is 5.92 Å². The highest BCUT2D eigenvalue weighted by molar-refractivity contribution is 6.05. The predicted octanol–water partition coefficient (Wildman–Crippen LogP) is 4.38. The summed E-state index contributed by atoms with van der Waals surface area (Å²) in [4.78, 5) is 12.2. The molecule has 23 heavy (non-hydrogen) atoms. The number of rotatable bonds is 6. The van der Waals surface area contributed by atoms with Gasteiger partial charge in [-0.1, -0.05) is 19.9 Å². The number of amides is 1. The molecule has 2 N–H and O–H groups in total. The van der Waals surface area contributed by atoms with Gasteiger partial charge >= 0.3 is 0 Å². The first-order valence-electron chi connectivity index (χ1n) is 7.79. The van der Waals surface area contributed by atoms with Crippen LogP contribution in [0.1, 0.15) is 36.2 Å². The van der Waals surface area contributed by atoms with Crippen molar-refractivity contribution in [2.75, 3.05) is 11.9 Å². The van der Waals surface area contributed by atoms with Crippen LogP contribution in [0.15, 0.2) is 42.5 Å². The Labute approximate surface area is 137 Å². The van der Waals surface area contributed by atoms with Gasteiger partial charge in [0.25, 0.3) is 5.91 Å². The second-order valence-electron chi connectivity index (χ2n) is 6.03. The molecule has 0 aromatic heterocycles. The number of benzene rings is 2. The van der Waals surface area contributed by atoms with Crippen LogP contribution in [0.2, 0.25) is 0 Å². The molecule has 122 valence electrons. The fraction of sp³-hybridized carbons (Fsp3) is 0.316. The van der Waals surface area contributed by atoms with Gasteiger partial charge in [0, 0.05) is 5.56 Å². The van der Waals surface area contributed by atoms with Gasteiger partial charge in [0.1, 0.15) is 11.5 Å². The van der Waals surface area contributed by atoms with Crippen molar-refractivity contribution in [1.82, 2.24) is 0 Å². The summed E-state index contributed by atoms with van der Waals surface area (Å²) in [5.74, 6) is 1.15. The molecular formula is C19H23NO3. The molecule has 4 nitrogen and oxygen atoms in total. The topological polar surface area (TPSA) is 58.6 Å². The molecule has 0 aliphatic heterocycles. The van der Waals surface area contributed by atoms with E-state index in [4.69, 9.17) is 4.74 Å². The lowest BCUT2D eigenvalue weighted by Crippen LogP contribution is -2.12. The minimum absolute atomic E-state index is 0.0620. The SMILES string of the molecule is Cc1ccc(NC(=O)c2ccc(OCCC(C)C)cc2)c(O)c1. The number of hydrogen-bond donors (Lipinski definition) is 2. The highest BCUT2D eigenvalue weighted by Gasteiger charge is 2.09. The highest BCUT2D eigenvalue weighted by atomic mass is 16.5. The normalized spacial score (nSPS) is 10.6. The van der Waals surface area contributed by atoms with Crippen molar-refractivity contribution in [2.45, 2.75) is 27.2 Å². The predicted molar refractivity (Wildman–Crippen MR) is 92.2 cm³/mol. The van der Waals surface area contributed by atoms with E-state index in [1.165, 1.54) is 0 Å². The van der Waals surface area contributed by atoms with Crippen LogP contribution < -0.4 is 10.1 Å². The third kappa shape index (κ3) is 5.02. The minimum atomic E-state index is -0.266. The van der Waals surface area contributed by atoms with Crippen molar-refractivity contribution in [1.29, 1.82) is 0 Å². The van der Waals surface area contributed by atoms with Crippen LogP contribution in [0.5, 0.6) is 11.5 Å². The van der Waals surface area contributed by atoms with Gasteiger partial charge in [0.2, 0.25) is 0 Å². The van der Waals surface area contributed by atoms with Gasteiger partial charge in [-0.2, -0.15) is 0 Å². The zero-order chi connectivity index (χ0) is 16.8. The van der Waals surface area contributed by atoms with E-state index in [1.54, 1.807) is 36.4 Å². The van der Waals surface area contributed by atoms with E-state index in [-0.39, 0.29) is 11.7 Å². The number of carbonyl (C=O) groups excluding carboxylic acids is 1. The summed E-state index contributed by atoms with van der Waals surface area (Å²) < 4.78 is 5.63. The maximum atomic E-state index is 12.2. The lowest BCUT2D eigenvalue weighted by molar-refractivity contribution is 0.102. The lowest BCUT2D eigenvalue weighted by Gasteiger charge is -2.10. The highest BCUT2D eigenvalue weighted by Crippen LogP contribution is 2.24. The fourth-order valence-corrected chi connectivity index (χ4v) is 2.06. The van der Waals surface area contributed by atoms with Gasteiger partial charge in [-0.05, 0) is 61.2 Å². The Hall–Kier alpha value is -2.49. The molecule has 1 amide bonds. The van der Waals surface area contributed by atoms with Crippen LogP contribution >= 0.6 is 0 Å². The minimum Gasteiger partial charge on any atom is -0.506 e. The molecule has 2 rings (SSSR count). The Kier molecular flexibility index (Phi) is 5.63. The van der Waals surface area contributed by atoms with Crippen molar-refractivity contribution < 1.29 is 14.6 Å². The maximum absolute atomic E-state index is 12.2. The number of hydrogen-bond acceptors (Lipinski definition) is 3. The summed E-state index contributed by atoms with van der Waals surface area (Å²) >= 11 is 0. The molecule has 0 aliphatic carbocycles. The molecule has 0 heterocycles. The zero-order valence-corrected chi connectivity index (χ0v) is 13.8. The molecular weight excluding hydrogens is 290 g/mol. The third-order valence-electron chi connectivity index (χ3n) is 3.48. The number of phenols is 1. The number of aromatic hydroxyl groups is 1. The van der Waals surface area contributed by atoms with Gasteiger partial charge < -0.3 is 15.2 Å². The number of ether oxygens (including phenoxy) is 1. The Morgan fingerprint density at radius 1 is 1.17 bits per heavy atom. The Morgan fingerprint density at radius 3 is 2.48 bits per heavy atom. The van der Waals surface area contributed by atoms with Gasteiger partial charge in [0.15, 0.2) is 0 Å². The van der Waals surface area contributed by atoms with Crippen LogP contribution in [0.25, 0.3) is 0 Å². The molecule has 0 radical (unpaired) electrons. The quantitative estimate of drug-likeness (QED) is 0.778. The number of nitrogens with one attached hydrogen (secondary N) is 1. The zero-order valence-electron chi connectivity index (χ0n) is 13.8. The molecule has 0 unspecified atom stereocenters. The van der Waals surface area contributed by atoms with E-state index in [1.807, 2.05) is 13.0 Å². The second-order valence-corrected chi connectivity index (χ2v) is 6.03. The van der Waals surface area contributed by atoms with Crippen LogP contribution in [-0.4, -0.2) is 17.6 Å². The average Bonchev–Trinajstić information content (AvgIpc) is 2.50. The largest absolute Gasteiger partial charge is 0.506 e. The molecule has 0 saturated heterocycles. The second kappa shape index (κ2) is 7.68. The molecule has 0 bridgehead atoms. The van der Waals surface area contributed by atoms with Crippen LogP contribution in [0.3, 0.4) is 0 Å². The Balaban J connectivity index is 1.97. The number of anilines is 1. The van der Waals surface area contributed by atoms with Crippen LogP contribution in [0.4, 0.5) is 5.69 Å². The van der Waals surface area contributed by atoms with E-state index in [2.05, 4.69) is 19.2 Å². The van der Waals surface area contributed by atoms with Crippen molar-refractivity contribution in [3.63, 3.8) is 0 Å². The maximum Gasteiger partial charge on any atom is 0.255 e. The molecule has 0 fully saturated rings. The van der Waals surface area contributed by atoms with Crippen molar-refractivity contribution in [3.05, 3.63) is 53.6 Å².